The van der Waals surface area contributed by atoms with Gasteiger partial charge >= 0.3 is 154 Å². The number of hydrogen-bond donors (Lipinski definition) is 0. The van der Waals surface area contributed by atoms with Crippen molar-refractivity contribution in [2.75, 3.05) is 0 Å². The summed E-state index contributed by atoms with van der Waals surface area (Å²) in [7, 11) is -1.72. The predicted octanol–water partition coefficient (Wildman–Crippen LogP) is 8.49. The summed E-state index contributed by atoms with van der Waals surface area (Å²) >= 11 is -1.46. The van der Waals surface area contributed by atoms with E-state index in [1.54, 1.807) is 35.4 Å². The zero-order valence-corrected chi connectivity index (χ0v) is 22.1. The average molecular weight is 417 g/mol. The molecule has 0 saturated heterocycles. The molecule has 0 aliphatic rings. The quantitative estimate of drug-likeness (QED) is 0.249. The standard InChI is InChI=1S/C20H48GeSi2/c1-9-22(10-2,11-3)19-15-17-21(7,8)18-16-20-23(12-4,13-5)14-6/h9-20H2,1-8H3. The summed E-state index contributed by atoms with van der Waals surface area (Å²) in [6.45, 7) is 14.8. The third kappa shape index (κ3) is 8.26. The molecule has 0 aromatic carbocycles. The Morgan fingerprint density at radius 2 is 0.783 bits per heavy atom. The SMILES string of the molecule is CC[Si](CC)(CC)CC[CH2][Ge]([CH3])([CH3])[CH2]CC[Si](CC)(CC)CC. The molecule has 0 rings (SSSR count). The first-order chi connectivity index (χ1) is 10.8. The molecule has 23 heavy (non-hydrogen) atoms. The molecule has 3 heteroatoms. The van der Waals surface area contributed by atoms with Crippen molar-refractivity contribution >= 4 is 29.4 Å². The molecule has 0 unspecified atom stereocenters. The first kappa shape index (κ1) is 24.0. The molecule has 0 nitrogen and oxygen atoms in total. The van der Waals surface area contributed by atoms with E-state index in [0.29, 0.717) is 0 Å². The third-order valence-electron chi connectivity index (χ3n) is 7.62. The summed E-state index contributed by atoms with van der Waals surface area (Å²) in [5.74, 6) is 5.44. The molecular weight excluding hydrogens is 369 g/mol. The molecule has 0 aliphatic carbocycles. The molecule has 0 N–H and O–H groups in total. The molecule has 0 aromatic rings. The van der Waals surface area contributed by atoms with Gasteiger partial charge in [0.05, 0.1) is 0 Å². The molecule has 0 fully saturated rings. The van der Waals surface area contributed by atoms with Crippen LogP contribution in [-0.4, -0.2) is 29.4 Å². The van der Waals surface area contributed by atoms with E-state index >= 15 is 0 Å². The third-order valence-corrected chi connectivity index (χ3v) is 26.6. The molecular formula is C20H48GeSi2. The van der Waals surface area contributed by atoms with Gasteiger partial charge in [0.2, 0.25) is 0 Å². The van der Waals surface area contributed by atoms with Gasteiger partial charge in [-0.25, -0.2) is 0 Å². The molecule has 0 aliphatic heterocycles. The number of hydrogen-bond acceptors (Lipinski definition) is 0. The minimum atomic E-state index is -1.46. The van der Waals surface area contributed by atoms with Crippen molar-refractivity contribution in [3.63, 3.8) is 0 Å². The van der Waals surface area contributed by atoms with Crippen LogP contribution in [0.4, 0.5) is 0 Å². The van der Waals surface area contributed by atoms with Gasteiger partial charge in [-0.1, -0.05) is 0 Å². The fourth-order valence-corrected chi connectivity index (χ4v) is 18.3. The Hall–Kier alpha value is 0.977. The van der Waals surface area contributed by atoms with Gasteiger partial charge in [0.15, 0.2) is 0 Å². The van der Waals surface area contributed by atoms with Gasteiger partial charge in [-0.2, -0.15) is 0 Å². The summed E-state index contributed by atoms with van der Waals surface area (Å²) in [5.41, 5.74) is 0. The summed E-state index contributed by atoms with van der Waals surface area (Å²) < 4.78 is 0. The second kappa shape index (κ2) is 11.6. The Balaban J connectivity index is 4.29. The topological polar surface area (TPSA) is 0 Å². The Bertz CT molecular complexity index is 249. The monoisotopic (exact) mass is 418 g/mol. The van der Waals surface area contributed by atoms with E-state index in [1.807, 2.05) is 0 Å². The summed E-state index contributed by atoms with van der Waals surface area (Å²) in [6.07, 6.45) is 3.15. The van der Waals surface area contributed by atoms with E-state index in [1.165, 1.54) is 36.3 Å². The first-order valence-corrected chi connectivity index (χ1v) is 23.6. The molecule has 0 aromatic heterocycles. The average Bonchev–Trinajstić information content (AvgIpc) is 2.56. The first-order valence-electron chi connectivity index (χ1n) is 10.8. The van der Waals surface area contributed by atoms with Gasteiger partial charge < -0.3 is 0 Å². The molecule has 0 bridgehead atoms. The van der Waals surface area contributed by atoms with Crippen LogP contribution in [0.1, 0.15) is 54.4 Å². The predicted molar refractivity (Wildman–Crippen MR) is 120 cm³/mol. The Kier molecular flexibility index (Phi) is 12.1. The van der Waals surface area contributed by atoms with E-state index in [2.05, 4.69) is 53.1 Å². The second-order valence-electron chi connectivity index (χ2n) is 8.99. The molecule has 0 spiro atoms. The van der Waals surface area contributed by atoms with Crippen molar-refractivity contribution in [3.8, 4) is 0 Å². The van der Waals surface area contributed by atoms with Crippen molar-refractivity contribution in [2.24, 2.45) is 0 Å². The Morgan fingerprint density at radius 3 is 1.00 bits per heavy atom. The van der Waals surface area contributed by atoms with E-state index in [0.717, 1.165) is 0 Å². The van der Waals surface area contributed by atoms with Gasteiger partial charge in [0, 0.05) is 0 Å². The van der Waals surface area contributed by atoms with Crippen LogP contribution in [0.3, 0.4) is 0 Å². The maximum atomic E-state index is 2.72. The fourth-order valence-electron chi connectivity index (χ4n) is 4.57. The van der Waals surface area contributed by atoms with E-state index < -0.39 is 29.4 Å². The van der Waals surface area contributed by atoms with Gasteiger partial charge in [-0.3, -0.25) is 0 Å². The zero-order valence-electron chi connectivity index (χ0n) is 18.0. The van der Waals surface area contributed by atoms with Crippen LogP contribution < -0.4 is 0 Å². The molecule has 0 atom stereocenters. The van der Waals surface area contributed by atoms with Crippen LogP contribution in [0.15, 0.2) is 0 Å². The van der Waals surface area contributed by atoms with Crippen LogP contribution in [0.25, 0.3) is 0 Å². The van der Waals surface area contributed by atoms with Gasteiger partial charge in [-0.15, -0.1) is 0 Å². The Labute approximate surface area is 154 Å². The van der Waals surface area contributed by atoms with Crippen LogP contribution in [0.5, 0.6) is 0 Å². The van der Waals surface area contributed by atoms with Crippen LogP contribution in [-0.2, 0) is 0 Å². The molecule has 0 amide bonds. The van der Waals surface area contributed by atoms with E-state index in [-0.39, 0.29) is 0 Å². The number of rotatable bonds is 14. The van der Waals surface area contributed by atoms with Crippen molar-refractivity contribution < 1.29 is 0 Å². The van der Waals surface area contributed by atoms with Crippen molar-refractivity contribution in [3.05, 3.63) is 0 Å². The molecule has 140 valence electrons. The van der Waals surface area contributed by atoms with Gasteiger partial charge in [-0.05, 0) is 0 Å². The van der Waals surface area contributed by atoms with Crippen molar-refractivity contribution in [1.82, 2.24) is 0 Å². The van der Waals surface area contributed by atoms with Gasteiger partial charge in [0.25, 0.3) is 0 Å². The molecule has 0 radical (unpaired) electrons. The van der Waals surface area contributed by atoms with Crippen LogP contribution in [0, 0.1) is 0 Å². The normalized spacial score (nSPS) is 13.6. The molecule has 0 saturated carbocycles. The van der Waals surface area contributed by atoms with E-state index in [9.17, 15) is 0 Å². The fraction of sp³-hybridized carbons (Fsp3) is 1.00. The summed E-state index contributed by atoms with van der Waals surface area (Å²) in [5, 5.41) is 3.29. The Morgan fingerprint density at radius 1 is 0.522 bits per heavy atom. The van der Waals surface area contributed by atoms with Crippen LogP contribution in [0.2, 0.25) is 70.4 Å². The van der Waals surface area contributed by atoms with Crippen LogP contribution >= 0.6 is 0 Å². The van der Waals surface area contributed by atoms with Crippen molar-refractivity contribution in [2.45, 2.75) is 125 Å². The second-order valence-corrected chi connectivity index (χ2v) is 31.4. The minimum absolute atomic E-state index is 0.859. The summed E-state index contributed by atoms with van der Waals surface area (Å²) in [4.78, 5) is 0. The van der Waals surface area contributed by atoms with Gasteiger partial charge in [0.1, 0.15) is 0 Å². The maximum absolute atomic E-state index is 2.72. The van der Waals surface area contributed by atoms with Crippen molar-refractivity contribution in [1.29, 1.82) is 0 Å². The zero-order chi connectivity index (χ0) is 18.0. The summed E-state index contributed by atoms with van der Waals surface area (Å²) in [6, 6.07) is 12.4. The molecule has 0 heterocycles. The van der Waals surface area contributed by atoms with E-state index in [4.69, 9.17) is 0 Å².